The van der Waals surface area contributed by atoms with E-state index < -0.39 is 0 Å². The first-order valence-electron chi connectivity index (χ1n) is 8.47. The molecule has 0 fully saturated rings. The number of fused-ring (bicyclic) bond motifs is 1. The Bertz CT molecular complexity index is 870. The second-order valence-electron chi connectivity index (χ2n) is 5.73. The van der Waals surface area contributed by atoms with Crippen LogP contribution in [0.25, 0.3) is 11.0 Å². The summed E-state index contributed by atoms with van der Waals surface area (Å²) in [6, 6.07) is 7.85. The highest BCUT2D eigenvalue weighted by Gasteiger charge is 2.11. The molecule has 0 saturated carbocycles. The highest BCUT2D eigenvalue weighted by molar-refractivity contribution is 7.13. The highest BCUT2D eigenvalue weighted by atomic mass is 32.1. The summed E-state index contributed by atoms with van der Waals surface area (Å²) < 4.78 is 4.88. The van der Waals surface area contributed by atoms with Gasteiger partial charge < -0.3 is 15.0 Å². The third-order valence-corrected chi connectivity index (χ3v) is 4.49. The topological polar surface area (TPSA) is 97.0 Å². The number of esters is 1. The summed E-state index contributed by atoms with van der Waals surface area (Å²) in [7, 11) is 0. The van der Waals surface area contributed by atoms with Crippen molar-refractivity contribution in [3.63, 3.8) is 0 Å². The maximum absolute atomic E-state index is 12.0. The lowest BCUT2D eigenvalue weighted by Crippen LogP contribution is -2.12. The minimum absolute atomic E-state index is 0.0989. The van der Waals surface area contributed by atoms with Crippen LogP contribution in [-0.2, 0) is 27.2 Å². The number of nitrogens with one attached hydrogen (secondary N) is 2. The Labute approximate surface area is 154 Å². The van der Waals surface area contributed by atoms with E-state index in [1.54, 1.807) is 12.3 Å². The lowest BCUT2D eigenvalue weighted by molar-refractivity contribution is -0.142. The number of amides is 1. The third kappa shape index (κ3) is 4.89. The molecule has 0 atom stereocenters. The van der Waals surface area contributed by atoms with Gasteiger partial charge in [0.15, 0.2) is 5.13 Å². The van der Waals surface area contributed by atoms with Gasteiger partial charge in [0.1, 0.15) is 5.82 Å². The smallest absolute Gasteiger partial charge is 0.311 e. The lowest BCUT2D eigenvalue weighted by Gasteiger charge is -2.01. The standard InChI is InChI=1S/C18H20N4O3S/c1-2-25-17(24)10-12-11-26-18(19-12)22-16(23)9-5-8-15-20-13-6-3-4-7-14(13)21-15/h3-4,6-7,11H,2,5,8-10H2,1H3,(H,20,21)(H,19,22,23). The van der Waals surface area contributed by atoms with Crippen LogP contribution in [0.1, 0.15) is 31.3 Å². The van der Waals surface area contributed by atoms with Gasteiger partial charge in [0.05, 0.1) is 29.8 Å². The Morgan fingerprint density at radius 2 is 2.12 bits per heavy atom. The molecule has 2 aromatic heterocycles. The van der Waals surface area contributed by atoms with Gasteiger partial charge in [-0.1, -0.05) is 12.1 Å². The first kappa shape index (κ1) is 18.1. The van der Waals surface area contributed by atoms with Gasteiger partial charge >= 0.3 is 5.97 Å². The number of H-pyrrole nitrogens is 1. The number of hydrogen-bond donors (Lipinski definition) is 2. The number of aromatic amines is 1. The quantitative estimate of drug-likeness (QED) is 0.592. The van der Waals surface area contributed by atoms with Crippen molar-refractivity contribution in [1.82, 2.24) is 15.0 Å². The van der Waals surface area contributed by atoms with Crippen LogP contribution in [0.5, 0.6) is 0 Å². The van der Waals surface area contributed by atoms with E-state index in [9.17, 15) is 9.59 Å². The summed E-state index contributed by atoms with van der Waals surface area (Å²) in [6.07, 6.45) is 1.89. The van der Waals surface area contributed by atoms with Crippen LogP contribution in [-0.4, -0.2) is 33.4 Å². The second-order valence-corrected chi connectivity index (χ2v) is 6.59. The van der Waals surface area contributed by atoms with Crippen molar-refractivity contribution in [2.75, 3.05) is 11.9 Å². The van der Waals surface area contributed by atoms with Crippen LogP contribution in [0.4, 0.5) is 5.13 Å². The molecule has 7 nitrogen and oxygen atoms in total. The van der Waals surface area contributed by atoms with Crippen molar-refractivity contribution < 1.29 is 14.3 Å². The predicted molar refractivity (Wildman–Crippen MR) is 100 cm³/mol. The Hall–Kier alpha value is -2.74. The second kappa shape index (κ2) is 8.57. The molecule has 0 spiro atoms. The van der Waals surface area contributed by atoms with Gasteiger partial charge in [-0.3, -0.25) is 9.59 Å². The molecule has 1 aromatic carbocycles. The number of nitrogens with zero attached hydrogens (tertiary/aromatic N) is 2. The van der Waals surface area contributed by atoms with Crippen molar-refractivity contribution >= 4 is 39.4 Å². The molecule has 3 rings (SSSR count). The molecule has 26 heavy (non-hydrogen) atoms. The Morgan fingerprint density at radius 1 is 1.27 bits per heavy atom. The molecule has 0 aliphatic carbocycles. The van der Waals surface area contributed by atoms with E-state index in [2.05, 4.69) is 20.3 Å². The van der Waals surface area contributed by atoms with Gasteiger partial charge in [-0.25, -0.2) is 9.97 Å². The summed E-state index contributed by atoms with van der Waals surface area (Å²) in [4.78, 5) is 35.5. The molecule has 136 valence electrons. The molecule has 0 aliphatic rings. The zero-order valence-electron chi connectivity index (χ0n) is 14.4. The van der Waals surface area contributed by atoms with Crippen molar-refractivity contribution in [1.29, 1.82) is 0 Å². The predicted octanol–water partition coefficient (Wildman–Crippen LogP) is 3.09. The maximum Gasteiger partial charge on any atom is 0.311 e. The van der Waals surface area contributed by atoms with Crippen LogP contribution in [0.2, 0.25) is 0 Å². The minimum Gasteiger partial charge on any atom is -0.466 e. The van der Waals surface area contributed by atoms with E-state index in [1.807, 2.05) is 24.3 Å². The van der Waals surface area contributed by atoms with Crippen LogP contribution < -0.4 is 5.32 Å². The number of para-hydroxylation sites is 2. The number of aryl methyl sites for hydroxylation is 1. The van der Waals surface area contributed by atoms with Crippen LogP contribution in [0, 0.1) is 0 Å². The largest absolute Gasteiger partial charge is 0.466 e. The number of hydrogen-bond acceptors (Lipinski definition) is 6. The Kier molecular flexibility index (Phi) is 5.96. The zero-order valence-corrected chi connectivity index (χ0v) is 15.3. The fourth-order valence-corrected chi connectivity index (χ4v) is 3.25. The summed E-state index contributed by atoms with van der Waals surface area (Å²) >= 11 is 1.30. The molecule has 0 unspecified atom stereocenters. The zero-order chi connectivity index (χ0) is 18.4. The molecule has 0 saturated heterocycles. The molecular formula is C18H20N4O3S. The average Bonchev–Trinajstić information content (AvgIpc) is 3.21. The van der Waals surface area contributed by atoms with E-state index in [1.165, 1.54) is 11.3 Å². The van der Waals surface area contributed by atoms with E-state index in [0.29, 0.717) is 36.7 Å². The fraction of sp³-hybridized carbons (Fsp3) is 0.333. The average molecular weight is 372 g/mol. The van der Waals surface area contributed by atoms with Gasteiger partial charge in [0.25, 0.3) is 0 Å². The molecule has 8 heteroatoms. The number of anilines is 1. The first-order valence-corrected chi connectivity index (χ1v) is 9.35. The van der Waals surface area contributed by atoms with Crippen LogP contribution >= 0.6 is 11.3 Å². The van der Waals surface area contributed by atoms with Crippen LogP contribution in [0.3, 0.4) is 0 Å². The van der Waals surface area contributed by atoms with E-state index in [-0.39, 0.29) is 18.3 Å². The van der Waals surface area contributed by atoms with E-state index in [4.69, 9.17) is 4.74 Å². The summed E-state index contributed by atoms with van der Waals surface area (Å²) in [5.41, 5.74) is 2.54. The maximum atomic E-state index is 12.0. The minimum atomic E-state index is -0.318. The normalized spacial score (nSPS) is 10.8. The van der Waals surface area contributed by atoms with Gasteiger partial charge in [0, 0.05) is 18.2 Å². The first-order chi connectivity index (χ1) is 12.6. The number of thiazole rings is 1. The summed E-state index contributed by atoms with van der Waals surface area (Å²) in [6.45, 7) is 2.10. The summed E-state index contributed by atoms with van der Waals surface area (Å²) in [5.74, 6) is 0.463. The van der Waals surface area contributed by atoms with Crippen LogP contribution in [0.15, 0.2) is 29.6 Å². The molecule has 0 radical (unpaired) electrons. The number of imidazole rings is 1. The highest BCUT2D eigenvalue weighted by Crippen LogP contribution is 2.17. The monoisotopic (exact) mass is 372 g/mol. The third-order valence-electron chi connectivity index (χ3n) is 3.68. The molecule has 0 bridgehead atoms. The van der Waals surface area contributed by atoms with Crippen molar-refractivity contribution in [3.05, 3.63) is 41.2 Å². The van der Waals surface area contributed by atoms with E-state index >= 15 is 0 Å². The molecule has 0 aliphatic heterocycles. The number of carbonyl (C=O) groups is 2. The fourth-order valence-electron chi connectivity index (χ4n) is 2.53. The number of rotatable bonds is 8. The Morgan fingerprint density at radius 3 is 2.92 bits per heavy atom. The number of ether oxygens (including phenoxy) is 1. The van der Waals surface area contributed by atoms with Gasteiger partial charge in [-0.15, -0.1) is 11.3 Å². The van der Waals surface area contributed by atoms with Crippen molar-refractivity contribution in [3.8, 4) is 0 Å². The molecule has 3 aromatic rings. The summed E-state index contributed by atoms with van der Waals surface area (Å²) in [5, 5.41) is 5.02. The molecule has 2 N–H and O–H groups in total. The molecule has 2 heterocycles. The SMILES string of the molecule is CCOC(=O)Cc1csc(NC(=O)CCCc2nc3ccccc3[nH]2)n1. The van der Waals surface area contributed by atoms with Crippen molar-refractivity contribution in [2.45, 2.75) is 32.6 Å². The van der Waals surface area contributed by atoms with Crippen molar-refractivity contribution in [2.24, 2.45) is 0 Å². The molecule has 1 amide bonds. The number of carbonyl (C=O) groups excluding carboxylic acids is 2. The Balaban J connectivity index is 1.44. The van der Waals surface area contributed by atoms with Gasteiger partial charge in [0.2, 0.25) is 5.91 Å². The lowest BCUT2D eigenvalue weighted by atomic mass is 10.2. The van der Waals surface area contributed by atoms with Gasteiger partial charge in [-0.05, 0) is 25.5 Å². The number of benzene rings is 1. The number of aromatic nitrogens is 3. The van der Waals surface area contributed by atoms with Gasteiger partial charge in [-0.2, -0.15) is 0 Å². The van der Waals surface area contributed by atoms with E-state index in [0.717, 1.165) is 16.9 Å². The molecular weight excluding hydrogens is 352 g/mol.